The van der Waals surface area contributed by atoms with Gasteiger partial charge in [0.1, 0.15) is 0 Å². The number of hydrogen-bond donors (Lipinski definition) is 1. The predicted octanol–water partition coefficient (Wildman–Crippen LogP) is 2.09. The number of aliphatic imine (C=N–C) groups is 1. The minimum Gasteiger partial charge on any atom is -0.466 e. The number of nitrogens with zero attached hydrogens (tertiary/aromatic N) is 4. The quantitative estimate of drug-likeness (QED) is 0.311. The first kappa shape index (κ1) is 19.5. The van der Waals surface area contributed by atoms with Gasteiger partial charge in [-0.2, -0.15) is 0 Å². The first-order valence-electron chi connectivity index (χ1n) is 9.05. The zero-order valence-corrected chi connectivity index (χ0v) is 15.8. The lowest BCUT2D eigenvalue weighted by Crippen LogP contribution is -2.51. The van der Waals surface area contributed by atoms with E-state index in [1.807, 2.05) is 18.5 Å². The second-order valence-electron chi connectivity index (χ2n) is 6.00. The molecular weight excluding hydrogens is 338 g/mol. The number of hydrogen-bond acceptors (Lipinski definition) is 6. The van der Waals surface area contributed by atoms with Crippen LogP contribution in [0.3, 0.4) is 0 Å². The molecule has 0 aromatic carbocycles. The number of aromatic nitrogens is 1. The van der Waals surface area contributed by atoms with Crippen LogP contribution in [0, 0.1) is 0 Å². The van der Waals surface area contributed by atoms with Crippen LogP contribution in [-0.2, 0) is 9.53 Å². The van der Waals surface area contributed by atoms with Crippen LogP contribution in [0.1, 0.15) is 39.0 Å². The van der Waals surface area contributed by atoms with E-state index in [1.54, 1.807) is 11.3 Å². The first-order chi connectivity index (χ1) is 12.2. The van der Waals surface area contributed by atoms with E-state index in [2.05, 4.69) is 19.8 Å². The summed E-state index contributed by atoms with van der Waals surface area (Å²) in [7, 11) is 0. The van der Waals surface area contributed by atoms with E-state index < -0.39 is 0 Å². The summed E-state index contributed by atoms with van der Waals surface area (Å²) in [6.07, 6.45) is 6.34. The summed E-state index contributed by atoms with van der Waals surface area (Å²) in [4.78, 5) is 24.5. The van der Waals surface area contributed by atoms with Gasteiger partial charge in [0.25, 0.3) is 0 Å². The van der Waals surface area contributed by atoms with Crippen LogP contribution in [0.4, 0.5) is 5.13 Å². The molecular formula is C17H29N5O2S. The van der Waals surface area contributed by atoms with Crippen LogP contribution in [0.2, 0.25) is 0 Å². The van der Waals surface area contributed by atoms with Crippen LogP contribution in [0.5, 0.6) is 0 Å². The van der Waals surface area contributed by atoms with Crippen molar-refractivity contribution in [3.8, 4) is 0 Å². The Balaban J connectivity index is 1.55. The van der Waals surface area contributed by atoms with Crippen molar-refractivity contribution < 1.29 is 9.53 Å². The van der Waals surface area contributed by atoms with Gasteiger partial charge in [0.05, 0.1) is 6.61 Å². The average Bonchev–Trinajstić information content (AvgIpc) is 3.16. The monoisotopic (exact) mass is 367 g/mol. The number of nitrogens with two attached hydrogens (primary N) is 1. The van der Waals surface area contributed by atoms with E-state index >= 15 is 0 Å². The maximum atomic E-state index is 11.2. The molecule has 1 aromatic heterocycles. The van der Waals surface area contributed by atoms with Gasteiger partial charge in [0.15, 0.2) is 11.1 Å². The fourth-order valence-corrected chi connectivity index (χ4v) is 3.46. The molecule has 1 saturated heterocycles. The van der Waals surface area contributed by atoms with Gasteiger partial charge in [-0.3, -0.25) is 9.79 Å². The minimum atomic E-state index is -0.0957. The first-order valence-corrected chi connectivity index (χ1v) is 9.93. The molecule has 0 amide bonds. The molecule has 1 aromatic rings. The van der Waals surface area contributed by atoms with Crippen LogP contribution >= 0.6 is 11.3 Å². The van der Waals surface area contributed by atoms with Crippen molar-refractivity contribution in [3.63, 3.8) is 0 Å². The van der Waals surface area contributed by atoms with Crippen molar-refractivity contribution in [3.05, 3.63) is 11.6 Å². The summed E-state index contributed by atoms with van der Waals surface area (Å²) in [5, 5.41) is 3.09. The maximum Gasteiger partial charge on any atom is 0.305 e. The molecule has 0 unspecified atom stereocenters. The summed E-state index contributed by atoms with van der Waals surface area (Å²) < 4.78 is 4.91. The van der Waals surface area contributed by atoms with Gasteiger partial charge in [-0.15, -0.1) is 11.3 Å². The van der Waals surface area contributed by atoms with E-state index in [0.29, 0.717) is 19.0 Å². The van der Waals surface area contributed by atoms with Crippen molar-refractivity contribution in [1.29, 1.82) is 0 Å². The Morgan fingerprint density at radius 1 is 1.28 bits per heavy atom. The highest BCUT2D eigenvalue weighted by molar-refractivity contribution is 7.13. The summed E-state index contributed by atoms with van der Waals surface area (Å²) in [6.45, 7) is 6.67. The number of unbranched alkanes of at least 4 members (excludes halogenated alkanes) is 3. The number of piperazine rings is 1. The van der Waals surface area contributed by atoms with E-state index in [9.17, 15) is 4.79 Å². The molecule has 7 nitrogen and oxygen atoms in total. The number of thiazole rings is 1. The molecule has 8 heteroatoms. The minimum absolute atomic E-state index is 0.0957. The molecule has 0 spiro atoms. The van der Waals surface area contributed by atoms with E-state index in [-0.39, 0.29) is 5.97 Å². The summed E-state index contributed by atoms with van der Waals surface area (Å²) in [6, 6.07) is 0. The molecule has 2 N–H and O–H groups in total. The van der Waals surface area contributed by atoms with E-state index in [4.69, 9.17) is 10.5 Å². The Morgan fingerprint density at radius 2 is 2.04 bits per heavy atom. The Morgan fingerprint density at radius 3 is 2.72 bits per heavy atom. The lowest BCUT2D eigenvalue weighted by atomic mass is 10.1. The van der Waals surface area contributed by atoms with Crippen LogP contribution in [0.25, 0.3) is 0 Å². The van der Waals surface area contributed by atoms with Crippen molar-refractivity contribution in [2.45, 2.75) is 39.0 Å². The van der Waals surface area contributed by atoms with Gasteiger partial charge < -0.3 is 20.3 Å². The molecule has 1 aliphatic rings. The fraction of sp³-hybridized carbons (Fsp3) is 0.706. The largest absolute Gasteiger partial charge is 0.466 e. The number of carbonyl (C=O) groups is 1. The van der Waals surface area contributed by atoms with Gasteiger partial charge in [-0.1, -0.05) is 12.8 Å². The molecule has 0 saturated carbocycles. The normalized spacial score (nSPS) is 15.5. The zero-order valence-electron chi connectivity index (χ0n) is 15.0. The topological polar surface area (TPSA) is 84.0 Å². The second kappa shape index (κ2) is 10.9. The highest BCUT2D eigenvalue weighted by Gasteiger charge is 2.19. The molecule has 0 bridgehead atoms. The predicted molar refractivity (Wildman–Crippen MR) is 102 cm³/mol. The molecule has 140 valence electrons. The summed E-state index contributed by atoms with van der Waals surface area (Å²) >= 11 is 1.67. The highest BCUT2D eigenvalue weighted by Crippen LogP contribution is 2.18. The number of rotatable bonds is 9. The van der Waals surface area contributed by atoms with Gasteiger partial charge in [0, 0.05) is 50.7 Å². The van der Waals surface area contributed by atoms with Gasteiger partial charge in [0.2, 0.25) is 0 Å². The molecule has 0 atom stereocenters. The standard InChI is InChI=1S/C17H29N5O2S/c1-2-24-15(23)7-5-3-4-6-8-19-16(18)21-10-12-22(13-11-21)17-20-9-14-25-17/h9,14H,2-8,10-13H2,1H3,(H2,18,19). The van der Waals surface area contributed by atoms with Gasteiger partial charge in [-0.05, 0) is 19.8 Å². The maximum absolute atomic E-state index is 11.2. The van der Waals surface area contributed by atoms with Crippen molar-refractivity contribution in [2.24, 2.45) is 10.7 Å². The van der Waals surface area contributed by atoms with Crippen molar-refractivity contribution in [2.75, 3.05) is 44.2 Å². The Hall–Kier alpha value is -1.83. The zero-order chi connectivity index (χ0) is 17.9. The molecule has 25 heavy (non-hydrogen) atoms. The third kappa shape index (κ3) is 6.89. The molecule has 1 fully saturated rings. The summed E-state index contributed by atoms with van der Waals surface area (Å²) in [5.41, 5.74) is 6.11. The molecule has 0 aliphatic carbocycles. The lowest BCUT2D eigenvalue weighted by Gasteiger charge is -2.35. The van der Waals surface area contributed by atoms with Crippen LogP contribution in [-0.4, -0.2) is 61.1 Å². The van der Waals surface area contributed by atoms with Gasteiger partial charge in [-0.25, -0.2) is 4.98 Å². The molecule has 0 radical (unpaired) electrons. The van der Waals surface area contributed by atoms with E-state index in [0.717, 1.165) is 63.5 Å². The fourth-order valence-electron chi connectivity index (χ4n) is 2.76. The number of ether oxygens (including phenoxy) is 1. The lowest BCUT2D eigenvalue weighted by molar-refractivity contribution is -0.143. The third-order valence-corrected chi connectivity index (χ3v) is 4.99. The smallest absolute Gasteiger partial charge is 0.305 e. The Kier molecular flexibility index (Phi) is 8.51. The molecule has 2 heterocycles. The number of esters is 1. The van der Waals surface area contributed by atoms with Crippen molar-refractivity contribution in [1.82, 2.24) is 9.88 Å². The molecule has 1 aliphatic heterocycles. The van der Waals surface area contributed by atoms with E-state index in [1.165, 1.54) is 0 Å². The summed E-state index contributed by atoms with van der Waals surface area (Å²) in [5.74, 6) is 0.548. The number of carbonyl (C=O) groups excluding carboxylic acids is 1. The number of anilines is 1. The highest BCUT2D eigenvalue weighted by atomic mass is 32.1. The van der Waals surface area contributed by atoms with Gasteiger partial charge >= 0.3 is 5.97 Å². The average molecular weight is 368 g/mol. The third-order valence-electron chi connectivity index (χ3n) is 4.16. The Labute approximate surface area is 153 Å². The second-order valence-corrected chi connectivity index (χ2v) is 6.87. The van der Waals surface area contributed by atoms with Crippen LogP contribution < -0.4 is 10.6 Å². The number of guanidine groups is 1. The SMILES string of the molecule is CCOC(=O)CCCCCCN=C(N)N1CCN(c2nccs2)CC1. The van der Waals surface area contributed by atoms with Crippen LogP contribution in [0.15, 0.2) is 16.6 Å². The Bertz CT molecular complexity index is 527. The van der Waals surface area contributed by atoms with Crippen molar-refractivity contribution >= 4 is 28.4 Å². The molecule has 2 rings (SSSR count).